The molecule has 606 valence electrons. The van der Waals surface area contributed by atoms with Gasteiger partial charge < -0.3 is 88.1 Å². The minimum absolute atomic E-state index is 0.00318. The number of hydrogen-bond donors (Lipinski definition) is 17. The molecule has 0 bridgehead atoms. The molecule has 17 N–H and O–H groups in total. The van der Waals surface area contributed by atoms with Crippen LogP contribution in [-0.2, 0) is 73.2 Å². The Morgan fingerprint density at radius 3 is 1.46 bits per heavy atom. The molecule has 3 unspecified atom stereocenters. The quantitative estimate of drug-likeness (QED) is 0.0239. The molecule has 39 nitrogen and oxygen atoms in total. The first-order chi connectivity index (χ1) is 50.4. The van der Waals surface area contributed by atoms with Crippen molar-refractivity contribution >= 4 is 121 Å². The third kappa shape index (κ3) is 38.1. The van der Waals surface area contributed by atoms with E-state index in [9.17, 15) is 106 Å². The van der Waals surface area contributed by atoms with E-state index in [2.05, 4.69) is 83.8 Å². The summed E-state index contributed by atoms with van der Waals surface area (Å²) in [6.07, 6.45) is -3.03. The fourth-order valence-corrected chi connectivity index (χ4v) is 21.6. The Hall–Kier alpha value is -8.35. The van der Waals surface area contributed by atoms with Gasteiger partial charge in [0, 0.05) is 122 Å². The maximum Gasteiger partial charge on any atom is 0.326 e. The van der Waals surface area contributed by atoms with Crippen LogP contribution in [0.5, 0.6) is 0 Å². The molecular weight excluding hydrogens is 1500 g/mol. The standard InChI is InChI=1S/C65H107N14O25P3Si/c1-64(2,3)108(65(4,5)6)44-14-12-42(13-15-44)57(90)69-37-49(79-38-43(74-75-79)36-68-52(82)23-34-106(101,102)40-77-29-27-76(39-105-33-22-55(86)87)28-30-78(32-31-77)41-107(103,104)35-24-56(88)89)58(91)71-46(60(94)95)10-7-8-25-66-50(80)19-20-51(81)67-26-9-11-45(59(92)93)70-53(83)18-16-47(61(96)97)72-63(100)73-48(62(98)99)17-21-54(84)85/h12-15,38,45-49,105,108H,7-11,16-37,39-41H2,1-6H3,(H,66,80)(H,67,81)(H,68,82)(H,69,90)(H,70,83)(H,71,91)(H,84,85)(H,86,87)(H,88,89)(H,92,93)(H,94,95)(H,96,97)(H,98,99)(H,101,102)(H,103,104)(H2,72,73,100)/t45-,46-,47+,48+,49+/m1/s1. The number of urea groups is 1. The molecular formula is C65H107N14O25P3Si. The number of unbranched alkanes of at least 4 members (excludes halogenated alkanes) is 1. The normalized spacial score (nSPS) is 15.9. The number of carbonyl (C=O) groups excluding carboxylic acids is 7. The van der Waals surface area contributed by atoms with Crippen LogP contribution in [0.1, 0.15) is 154 Å². The Morgan fingerprint density at radius 2 is 0.963 bits per heavy atom. The number of nitrogens with one attached hydrogen (secondary N) is 8. The van der Waals surface area contributed by atoms with E-state index >= 15 is 0 Å². The Balaban J connectivity index is 1.61. The van der Waals surface area contributed by atoms with E-state index in [1.165, 1.54) is 6.20 Å². The average Bonchev–Trinajstić information content (AvgIpc) is 0.946. The molecule has 1 aromatic heterocycles. The van der Waals surface area contributed by atoms with Gasteiger partial charge in [-0.25, -0.2) is 28.7 Å². The van der Waals surface area contributed by atoms with Crippen molar-refractivity contribution in [1.29, 1.82) is 0 Å². The van der Waals surface area contributed by atoms with Crippen LogP contribution in [-0.4, -0.2) is 288 Å². The molecule has 3 rings (SSSR count). The van der Waals surface area contributed by atoms with Gasteiger partial charge in [0.15, 0.2) is 0 Å². The SMILES string of the molecule is CC(C)(C)[SiH](c1ccc(C(=O)NC[C@@H](C(=O)N[C@H](CCCCNC(=O)CCC(=O)NCCC[C@@H](NC(=O)CC[C@H](NC(=O)N[C@@H](CCC(=O)O)C(=O)O)C(=O)O)C(=O)O)C(=O)O)n2cc(CNC(=O)CCP(=O)(O)CN3CCN(CPCCC(=O)O)CCN(CP(=O)(O)CCC(=O)O)CC3)nn2)cc1)C(C)(C)C. The van der Waals surface area contributed by atoms with Crippen LogP contribution in [0.4, 0.5) is 4.79 Å². The van der Waals surface area contributed by atoms with E-state index in [1.54, 1.807) is 21.9 Å². The Morgan fingerprint density at radius 1 is 0.509 bits per heavy atom. The molecule has 2 aromatic rings. The molecule has 1 saturated heterocycles. The van der Waals surface area contributed by atoms with Crippen LogP contribution in [0, 0.1) is 0 Å². The molecule has 1 fully saturated rings. The Kier molecular flexibility index (Phi) is 40.2. The lowest BCUT2D eigenvalue weighted by Crippen LogP contribution is -2.51. The van der Waals surface area contributed by atoms with Crippen molar-refractivity contribution in [2.45, 2.75) is 178 Å². The average molecular weight is 1610 g/mol. The van der Waals surface area contributed by atoms with Gasteiger partial charge in [-0.1, -0.05) is 64.1 Å². The largest absolute Gasteiger partial charge is 0.481 e. The highest BCUT2D eigenvalue weighted by atomic mass is 31.2. The molecule has 0 saturated carbocycles. The highest BCUT2D eigenvalue weighted by Gasteiger charge is 2.38. The number of aliphatic carboxylic acids is 7. The molecule has 43 heteroatoms. The summed E-state index contributed by atoms with van der Waals surface area (Å²) in [6, 6.07) is -1.86. The lowest BCUT2D eigenvalue weighted by molar-refractivity contribution is -0.143. The van der Waals surface area contributed by atoms with E-state index in [0.717, 1.165) is 9.87 Å². The maximum absolute atomic E-state index is 14.2. The second kappa shape index (κ2) is 46.2. The Labute approximate surface area is 628 Å². The molecule has 8 amide bonds. The van der Waals surface area contributed by atoms with E-state index in [4.69, 9.17) is 15.3 Å². The van der Waals surface area contributed by atoms with Gasteiger partial charge in [0.2, 0.25) is 44.3 Å². The molecule has 0 radical (unpaired) electrons. The summed E-state index contributed by atoms with van der Waals surface area (Å²) in [6.45, 7) is 14.2. The van der Waals surface area contributed by atoms with Crippen LogP contribution in [0.15, 0.2) is 30.5 Å². The lowest BCUT2D eigenvalue weighted by atomic mass is 10.1. The number of carboxylic acid groups (broad SMARTS) is 7. The smallest absolute Gasteiger partial charge is 0.326 e. The molecule has 2 heterocycles. The summed E-state index contributed by atoms with van der Waals surface area (Å²) in [5.74, 6) is -13.7. The summed E-state index contributed by atoms with van der Waals surface area (Å²) in [5.41, 5.74) is 0.379. The van der Waals surface area contributed by atoms with Gasteiger partial charge in [-0.15, -0.1) is 13.7 Å². The molecule has 108 heavy (non-hydrogen) atoms. The van der Waals surface area contributed by atoms with Crippen molar-refractivity contribution in [1.82, 2.24) is 72.2 Å². The van der Waals surface area contributed by atoms with E-state index < -0.39 is 194 Å². The third-order valence-corrected chi connectivity index (χ3v) is 26.5. The number of nitrogens with zero attached hydrogens (tertiary/aromatic N) is 6. The minimum Gasteiger partial charge on any atom is -0.481 e. The maximum atomic E-state index is 14.2. The van der Waals surface area contributed by atoms with Crippen molar-refractivity contribution in [3.05, 3.63) is 41.7 Å². The first kappa shape index (κ1) is 93.9. The van der Waals surface area contributed by atoms with Gasteiger partial charge in [0.1, 0.15) is 35.9 Å². The second-order valence-electron chi connectivity index (χ2n) is 28.5. The van der Waals surface area contributed by atoms with Gasteiger partial charge in [-0.2, -0.15) is 0 Å². The van der Waals surface area contributed by atoms with Crippen molar-refractivity contribution < 1.29 is 122 Å². The molecule has 0 aliphatic carbocycles. The zero-order chi connectivity index (χ0) is 81.1. The van der Waals surface area contributed by atoms with Crippen molar-refractivity contribution in [2.24, 2.45) is 0 Å². The summed E-state index contributed by atoms with van der Waals surface area (Å²) < 4.78 is 27.9. The number of aromatic nitrogens is 3. The molecule has 1 aliphatic rings. The van der Waals surface area contributed by atoms with E-state index in [0.29, 0.717) is 38.6 Å². The third-order valence-electron chi connectivity index (χ3n) is 17.2. The zero-order valence-electron chi connectivity index (χ0n) is 61.7. The van der Waals surface area contributed by atoms with Crippen LogP contribution in [0.25, 0.3) is 0 Å². The lowest BCUT2D eigenvalue weighted by Gasteiger charge is -2.39. The summed E-state index contributed by atoms with van der Waals surface area (Å²) in [4.78, 5) is 200. The molecule has 8 atom stereocenters. The predicted molar refractivity (Wildman–Crippen MR) is 395 cm³/mol. The predicted octanol–water partition coefficient (Wildman–Crippen LogP) is 0.203. The van der Waals surface area contributed by atoms with Crippen molar-refractivity contribution in [3.63, 3.8) is 0 Å². The van der Waals surface area contributed by atoms with Crippen LogP contribution in [0.2, 0.25) is 10.1 Å². The summed E-state index contributed by atoms with van der Waals surface area (Å²) in [7, 11) is -9.38. The van der Waals surface area contributed by atoms with Gasteiger partial charge >= 0.3 is 47.8 Å². The molecule has 1 aliphatic heterocycles. The Bertz CT molecular complexity index is 3490. The van der Waals surface area contributed by atoms with Gasteiger partial charge in [0.25, 0.3) is 5.91 Å². The highest BCUT2D eigenvalue weighted by molar-refractivity contribution is 7.58. The van der Waals surface area contributed by atoms with Crippen molar-refractivity contribution in [2.75, 3.05) is 96.2 Å². The number of rotatable bonds is 49. The van der Waals surface area contributed by atoms with E-state index in [1.807, 2.05) is 27.7 Å². The number of carboxylic acids is 7. The van der Waals surface area contributed by atoms with Crippen molar-refractivity contribution in [3.8, 4) is 0 Å². The van der Waals surface area contributed by atoms with Gasteiger partial charge in [0.05, 0.1) is 40.5 Å². The molecule has 0 spiro atoms. The first-order valence-corrected chi connectivity index (χ1v) is 42.5. The number of benzene rings is 1. The first-order valence-electron chi connectivity index (χ1n) is 35.3. The minimum atomic E-state index is -4.07. The number of carbonyl (C=O) groups is 14. The van der Waals surface area contributed by atoms with Crippen LogP contribution < -0.4 is 47.7 Å². The van der Waals surface area contributed by atoms with E-state index in [-0.39, 0.29) is 127 Å². The highest BCUT2D eigenvalue weighted by Crippen LogP contribution is 2.44. The second-order valence-corrected chi connectivity index (χ2v) is 39.7. The fraction of sp³-hybridized carbons (Fsp3) is 0.662. The van der Waals surface area contributed by atoms with Crippen LogP contribution >= 0.6 is 23.3 Å². The topological polar surface area (TPSA) is 592 Å². The monoisotopic (exact) mass is 1600 g/mol. The van der Waals surface area contributed by atoms with Gasteiger partial charge in [-0.05, 0) is 73.3 Å². The molecule has 1 aromatic carbocycles. The number of hydrogen-bond acceptors (Lipinski definition) is 21. The zero-order valence-corrected chi connectivity index (χ0v) is 65.6. The summed E-state index contributed by atoms with van der Waals surface area (Å²) >= 11 is 0. The van der Waals surface area contributed by atoms with Crippen LogP contribution in [0.3, 0.4) is 0 Å². The fourth-order valence-electron chi connectivity index (χ4n) is 12.0. The van der Waals surface area contributed by atoms with Gasteiger partial charge in [-0.3, -0.25) is 67.0 Å². The summed E-state index contributed by atoms with van der Waals surface area (Å²) in [5, 5.41) is 94.2. The number of amides is 8.